The van der Waals surface area contributed by atoms with Crippen molar-refractivity contribution in [3.05, 3.63) is 96.1 Å². The molecule has 3 fully saturated rings. The number of hydrogen-bond donors (Lipinski definition) is 1. The minimum Gasteiger partial charge on any atom is -0.355 e. The molecule has 0 radical (unpaired) electrons. The van der Waals surface area contributed by atoms with Crippen molar-refractivity contribution in [2.75, 3.05) is 32.7 Å². The second-order valence-electron chi connectivity index (χ2n) is 12.8. The van der Waals surface area contributed by atoms with Crippen LogP contribution in [0.3, 0.4) is 0 Å². The van der Waals surface area contributed by atoms with Gasteiger partial charge >= 0.3 is 0 Å². The van der Waals surface area contributed by atoms with Crippen LogP contribution >= 0.6 is 0 Å². The van der Waals surface area contributed by atoms with Crippen molar-refractivity contribution in [2.45, 2.75) is 62.8 Å². The Hall–Kier alpha value is -3.22. The quantitative estimate of drug-likeness (QED) is 0.523. The van der Waals surface area contributed by atoms with Crippen LogP contribution in [0, 0.1) is 11.3 Å². The molecule has 2 saturated heterocycles. The van der Waals surface area contributed by atoms with E-state index in [9.17, 15) is 4.79 Å². The molecule has 6 nitrogen and oxygen atoms in total. The highest BCUT2D eigenvalue weighted by atomic mass is 16.2. The normalized spacial score (nSPS) is 32.7. The molecule has 5 unspecified atom stereocenters. The molecule has 5 aliphatic rings. The lowest BCUT2D eigenvalue weighted by atomic mass is 9.84. The number of allylic oxidation sites excluding steroid dienone is 3. The molecule has 2 aliphatic carbocycles. The molecule has 0 aromatic heterocycles. The van der Waals surface area contributed by atoms with Crippen LogP contribution in [-0.2, 0) is 17.8 Å². The number of fused-ring (bicyclic) bond motifs is 1. The Balaban J connectivity index is 0.00000316. The maximum absolute atomic E-state index is 14.6. The zero-order chi connectivity index (χ0) is 27.6. The van der Waals surface area contributed by atoms with Gasteiger partial charge in [-0.2, -0.15) is 0 Å². The number of aliphatic imine (C=N–C) groups is 1. The maximum Gasteiger partial charge on any atom is 0.249 e. The predicted molar refractivity (Wildman–Crippen MR) is 167 cm³/mol. The van der Waals surface area contributed by atoms with Crippen LogP contribution in [0.1, 0.15) is 38.2 Å². The highest BCUT2D eigenvalue weighted by molar-refractivity contribution is 5.87. The van der Waals surface area contributed by atoms with Crippen LogP contribution in [0.2, 0.25) is 0 Å². The number of rotatable bonds is 8. The molecule has 1 saturated carbocycles. The van der Waals surface area contributed by atoms with E-state index in [1.165, 1.54) is 30.4 Å². The number of nitrogens with one attached hydrogen (secondary N) is 1. The number of piperazine rings is 1. The summed E-state index contributed by atoms with van der Waals surface area (Å²) < 4.78 is 0. The molecular weight excluding hydrogens is 506 g/mol. The third-order valence-electron chi connectivity index (χ3n) is 10.1. The van der Waals surface area contributed by atoms with Gasteiger partial charge in [-0.1, -0.05) is 91.4 Å². The molecule has 3 aliphatic heterocycles. The van der Waals surface area contributed by atoms with Crippen LogP contribution in [-0.4, -0.2) is 83.8 Å². The largest absolute Gasteiger partial charge is 0.355 e. The van der Waals surface area contributed by atoms with Gasteiger partial charge in [-0.15, -0.1) is 0 Å². The number of carbonyl (C=O) groups is 1. The van der Waals surface area contributed by atoms with Gasteiger partial charge in [-0.25, -0.2) is 0 Å². The van der Waals surface area contributed by atoms with E-state index in [0.29, 0.717) is 12.0 Å². The Labute approximate surface area is 246 Å². The van der Waals surface area contributed by atoms with E-state index in [0.717, 1.165) is 52.1 Å². The summed E-state index contributed by atoms with van der Waals surface area (Å²) >= 11 is 0. The Morgan fingerprint density at radius 1 is 1.00 bits per heavy atom. The van der Waals surface area contributed by atoms with E-state index >= 15 is 0 Å². The van der Waals surface area contributed by atoms with Gasteiger partial charge < -0.3 is 15.1 Å². The van der Waals surface area contributed by atoms with Crippen molar-refractivity contribution in [1.82, 2.24) is 20.0 Å². The number of carbonyl (C=O) groups excluding carboxylic acids is 1. The summed E-state index contributed by atoms with van der Waals surface area (Å²) in [5, 5.41) is 3.73. The zero-order valence-corrected chi connectivity index (χ0v) is 24.0. The van der Waals surface area contributed by atoms with Gasteiger partial charge in [0.15, 0.2) is 6.04 Å². The van der Waals surface area contributed by atoms with Gasteiger partial charge in [-0.3, -0.25) is 14.7 Å². The van der Waals surface area contributed by atoms with Gasteiger partial charge in [-0.05, 0) is 49.3 Å². The summed E-state index contributed by atoms with van der Waals surface area (Å²) in [7, 11) is 0. The molecule has 0 bridgehead atoms. The minimum atomic E-state index is -0.348. The number of piperidine rings is 1. The fraction of sp³-hybridized carbons (Fsp3) is 0.486. The van der Waals surface area contributed by atoms with E-state index in [1.807, 2.05) is 6.34 Å². The molecule has 1 amide bonds. The Kier molecular flexibility index (Phi) is 7.53. The highest BCUT2D eigenvalue weighted by Gasteiger charge is 2.63. The topological polar surface area (TPSA) is 51.2 Å². The van der Waals surface area contributed by atoms with Gasteiger partial charge in [0, 0.05) is 51.6 Å². The predicted octanol–water partition coefficient (Wildman–Crippen LogP) is 4.54. The average Bonchev–Trinajstić information content (AvgIpc) is 3.62. The van der Waals surface area contributed by atoms with Crippen LogP contribution in [0.25, 0.3) is 0 Å². The van der Waals surface area contributed by atoms with E-state index in [1.54, 1.807) is 0 Å². The molecule has 7 rings (SSSR count). The van der Waals surface area contributed by atoms with Gasteiger partial charge in [0.25, 0.3) is 0 Å². The van der Waals surface area contributed by atoms with Gasteiger partial charge in [0.05, 0.1) is 12.4 Å². The zero-order valence-electron chi connectivity index (χ0n) is 24.0. The van der Waals surface area contributed by atoms with E-state index in [2.05, 4.69) is 105 Å². The maximum atomic E-state index is 14.6. The molecule has 2 aromatic carbocycles. The molecule has 2 aromatic rings. The SMILES string of the molecule is O=C(C1N=CN(CC2CCCCN2)C1C12C=CC=CC1C2)N1CCN(Cc2ccccc2)C[C@H]1Cc1ccccc1.[HH]. The Morgan fingerprint density at radius 2 is 1.80 bits per heavy atom. The van der Waals surface area contributed by atoms with Crippen LogP contribution in [0.4, 0.5) is 0 Å². The molecule has 41 heavy (non-hydrogen) atoms. The summed E-state index contributed by atoms with van der Waals surface area (Å²) in [4.78, 5) is 26.8. The van der Waals surface area contributed by atoms with Gasteiger partial charge in [0.2, 0.25) is 5.91 Å². The van der Waals surface area contributed by atoms with E-state index in [4.69, 9.17) is 4.99 Å². The first-order chi connectivity index (χ1) is 20.2. The third-order valence-corrected chi connectivity index (χ3v) is 10.1. The first kappa shape index (κ1) is 26.7. The number of benzene rings is 2. The molecule has 6 heteroatoms. The highest BCUT2D eigenvalue weighted by Crippen LogP contribution is 2.61. The van der Waals surface area contributed by atoms with Crippen molar-refractivity contribution in [2.24, 2.45) is 16.3 Å². The molecular formula is C35H45N5O. The Bertz CT molecular complexity index is 1290. The third kappa shape index (κ3) is 5.52. The first-order valence-electron chi connectivity index (χ1n) is 15.7. The van der Waals surface area contributed by atoms with Crippen molar-refractivity contribution in [3.63, 3.8) is 0 Å². The smallest absolute Gasteiger partial charge is 0.249 e. The summed E-state index contributed by atoms with van der Waals surface area (Å²) in [6.07, 6.45) is 16.8. The fourth-order valence-corrected chi connectivity index (χ4v) is 7.85. The molecule has 3 heterocycles. The summed E-state index contributed by atoms with van der Waals surface area (Å²) in [5.74, 6) is 0.729. The number of hydrogen-bond acceptors (Lipinski definition) is 5. The fourth-order valence-electron chi connectivity index (χ4n) is 7.85. The molecule has 1 N–H and O–H groups in total. The van der Waals surface area contributed by atoms with Crippen LogP contribution < -0.4 is 5.32 Å². The second-order valence-corrected chi connectivity index (χ2v) is 12.8. The van der Waals surface area contributed by atoms with Crippen LogP contribution in [0.5, 0.6) is 0 Å². The number of nitrogens with zero attached hydrogens (tertiary/aromatic N) is 4. The van der Waals surface area contributed by atoms with Crippen LogP contribution in [0.15, 0.2) is 90.0 Å². The van der Waals surface area contributed by atoms with Crippen molar-refractivity contribution in [1.29, 1.82) is 0 Å². The van der Waals surface area contributed by atoms with Crippen molar-refractivity contribution >= 4 is 12.2 Å². The molecule has 6 atom stereocenters. The van der Waals surface area contributed by atoms with E-state index < -0.39 is 0 Å². The van der Waals surface area contributed by atoms with Crippen molar-refractivity contribution in [3.8, 4) is 0 Å². The molecule has 216 valence electrons. The summed E-state index contributed by atoms with van der Waals surface area (Å²) in [6, 6.07) is 21.7. The van der Waals surface area contributed by atoms with Crippen molar-refractivity contribution < 1.29 is 6.22 Å². The number of amides is 1. The lowest BCUT2D eigenvalue weighted by Gasteiger charge is -2.44. The second kappa shape index (κ2) is 11.6. The summed E-state index contributed by atoms with van der Waals surface area (Å²) in [5.41, 5.74) is 2.63. The molecule has 0 spiro atoms. The monoisotopic (exact) mass is 551 g/mol. The standard InChI is InChI=1S/C35H43N5O.H2/c41-34(32-33(35-17-9-7-15-29(35)22-35)39(26-37-32)24-30-16-8-10-18-36-30)40-20-19-38(23-28-13-5-2-6-14-28)25-31(40)21-27-11-3-1-4-12-27;/h1-7,9,11-15,17,26,29-33,36H,8,10,16,18-25H2;1H/t29?,30?,31-,32?,33?,35?;/m1./s1. The summed E-state index contributed by atoms with van der Waals surface area (Å²) in [6.45, 7) is 5.46. The van der Waals surface area contributed by atoms with E-state index in [-0.39, 0.29) is 30.9 Å². The first-order valence-corrected chi connectivity index (χ1v) is 15.7. The lowest BCUT2D eigenvalue weighted by molar-refractivity contribution is -0.139. The minimum absolute atomic E-state index is 0. The Morgan fingerprint density at radius 3 is 2.56 bits per heavy atom. The lowest BCUT2D eigenvalue weighted by Crippen LogP contribution is -2.60. The average molecular weight is 552 g/mol. The van der Waals surface area contributed by atoms with Gasteiger partial charge in [0.1, 0.15) is 0 Å².